The highest BCUT2D eigenvalue weighted by Crippen LogP contribution is 2.26. The van der Waals surface area contributed by atoms with Gasteiger partial charge in [-0.1, -0.05) is 6.07 Å². The van der Waals surface area contributed by atoms with Crippen LogP contribution in [-0.2, 0) is 0 Å². The van der Waals surface area contributed by atoms with Crippen molar-refractivity contribution in [3.05, 3.63) is 66.0 Å². The standard InChI is InChI=1S/C24H28FN5O/c1-29(2)21-5-3-4-19(14-21)24(31)26-16-17-10-12-30(13-11-17)23-15-22(27-28-23)18-6-8-20(25)9-7-18/h3-9,14-15,17H,10-13,16H2,1-2H3,(H,26,31)(H,27,28). The summed E-state index contributed by atoms with van der Waals surface area (Å²) in [5.74, 6) is 1.08. The number of nitrogens with zero attached hydrogens (tertiary/aromatic N) is 3. The number of halogens is 1. The Kier molecular flexibility index (Phi) is 6.21. The minimum absolute atomic E-state index is 0.0256. The van der Waals surface area contributed by atoms with Gasteiger partial charge < -0.3 is 15.1 Å². The Hall–Kier alpha value is -3.35. The Balaban J connectivity index is 1.28. The minimum Gasteiger partial charge on any atom is -0.378 e. The summed E-state index contributed by atoms with van der Waals surface area (Å²) in [5.41, 5.74) is 3.49. The molecule has 1 fully saturated rings. The van der Waals surface area contributed by atoms with Gasteiger partial charge in [-0.25, -0.2) is 4.39 Å². The predicted octanol–water partition coefficient (Wildman–Crippen LogP) is 3.93. The molecule has 0 unspecified atom stereocenters. The van der Waals surface area contributed by atoms with Gasteiger partial charge in [0.15, 0.2) is 5.82 Å². The average molecular weight is 422 g/mol. The predicted molar refractivity (Wildman–Crippen MR) is 122 cm³/mol. The van der Waals surface area contributed by atoms with E-state index < -0.39 is 0 Å². The maximum Gasteiger partial charge on any atom is 0.251 e. The summed E-state index contributed by atoms with van der Waals surface area (Å²) < 4.78 is 13.1. The molecule has 31 heavy (non-hydrogen) atoms. The van der Waals surface area contributed by atoms with Gasteiger partial charge in [0, 0.05) is 51.0 Å². The molecule has 1 aliphatic heterocycles. The fraction of sp³-hybridized carbons (Fsp3) is 0.333. The fourth-order valence-corrected chi connectivity index (χ4v) is 3.88. The maximum absolute atomic E-state index is 13.1. The van der Waals surface area contributed by atoms with E-state index in [-0.39, 0.29) is 11.7 Å². The normalized spacial score (nSPS) is 14.5. The summed E-state index contributed by atoms with van der Waals surface area (Å²) in [4.78, 5) is 16.8. The largest absolute Gasteiger partial charge is 0.378 e. The first-order valence-corrected chi connectivity index (χ1v) is 10.6. The van der Waals surface area contributed by atoms with Crippen LogP contribution in [0, 0.1) is 11.7 Å². The Bertz CT molecular complexity index is 1020. The van der Waals surface area contributed by atoms with Gasteiger partial charge in [0.05, 0.1) is 5.69 Å². The molecule has 0 saturated carbocycles. The molecular weight excluding hydrogens is 393 g/mol. The molecule has 1 amide bonds. The molecule has 1 aromatic heterocycles. The summed E-state index contributed by atoms with van der Waals surface area (Å²) in [6.07, 6.45) is 1.99. The smallest absolute Gasteiger partial charge is 0.251 e. The van der Waals surface area contributed by atoms with Gasteiger partial charge in [0.25, 0.3) is 5.91 Å². The van der Waals surface area contributed by atoms with Gasteiger partial charge in [-0.3, -0.25) is 9.89 Å². The second-order valence-electron chi connectivity index (χ2n) is 8.23. The van der Waals surface area contributed by atoms with Crippen LogP contribution in [0.4, 0.5) is 15.9 Å². The summed E-state index contributed by atoms with van der Waals surface area (Å²) in [5, 5.41) is 10.6. The van der Waals surface area contributed by atoms with Gasteiger partial charge in [-0.05, 0) is 66.8 Å². The highest BCUT2D eigenvalue weighted by molar-refractivity contribution is 5.95. The monoisotopic (exact) mass is 421 g/mol. The van der Waals surface area contributed by atoms with Crippen LogP contribution < -0.4 is 15.1 Å². The zero-order valence-electron chi connectivity index (χ0n) is 17.9. The van der Waals surface area contributed by atoms with Crippen LogP contribution in [0.25, 0.3) is 11.3 Å². The Morgan fingerprint density at radius 3 is 2.61 bits per heavy atom. The quantitative estimate of drug-likeness (QED) is 0.633. The molecule has 0 atom stereocenters. The number of rotatable bonds is 6. The number of amides is 1. The van der Waals surface area contributed by atoms with Crippen LogP contribution in [0.1, 0.15) is 23.2 Å². The molecule has 6 nitrogen and oxygen atoms in total. The number of aromatic nitrogens is 2. The Morgan fingerprint density at radius 2 is 1.90 bits per heavy atom. The van der Waals surface area contributed by atoms with E-state index in [1.165, 1.54) is 12.1 Å². The van der Waals surface area contributed by atoms with Gasteiger partial charge in [-0.15, -0.1) is 0 Å². The van der Waals surface area contributed by atoms with Gasteiger partial charge in [-0.2, -0.15) is 5.10 Å². The zero-order chi connectivity index (χ0) is 21.8. The number of aromatic amines is 1. The van der Waals surface area contributed by atoms with E-state index in [0.717, 1.165) is 48.7 Å². The van der Waals surface area contributed by atoms with E-state index in [9.17, 15) is 9.18 Å². The lowest BCUT2D eigenvalue weighted by Gasteiger charge is -2.32. The first-order valence-electron chi connectivity index (χ1n) is 10.6. The van der Waals surface area contributed by atoms with Crippen molar-refractivity contribution in [2.75, 3.05) is 43.5 Å². The first kappa shape index (κ1) is 20.9. The van der Waals surface area contributed by atoms with Gasteiger partial charge in [0.2, 0.25) is 0 Å². The first-order chi connectivity index (χ1) is 15.0. The lowest BCUT2D eigenvalue weighted by atomic mass is 9.96. The minimum atomic E-state index is -0.247. The molecule has 4 rings (SSSR count). The highest BCUT2D eigenvalue weighted by Gasteiger charge is 2.22. The maximum atomic E-state index is 13.1. The van der Waals surface area contributed by atoms with Crippen LogP contribution in [0.5, 0.6) is 0 Å². The van der Waals surface area contributed by atoms with Crippen molar-refractivity contribution in [2.24, 2.45) is 5.92 Å². The molecule has 1 aliphatic rings. The van der Waals surface area contributed by atoms with Crippen molar-refractivity contribution in [3.8, 4) is 11.3 Å². The molecule has 0 aliphatic carbocycles. The lowest BCUT2D eigenvalue weighted by molar-refractivity contribution is 0.0945. The number of hydrogen-bond acceptors (Lipinski definition) is 4. The van der Waals surface area contributed by atoms with Crippen LogP contribution in [0.3, 0.4) is 0 Å². The van der Waals surface area contributed by atoms with Crippen LogP contribution >= 0.6 is 0 Å². The molecule has 0 spiro atoms. The fourth-order valence-electron chi connectivity index (χ4n) is 3.88. The number of carbonyl (C=O) groups is 1. The second kappa shape index (κ2) is 9.20. The third kappa shape index (κ3) is 5.05. The summed E-state index contributed by atoms with van der Waals surface area (Å²) in [6.45, 7) is 2.47. The molecule has 162 valence electrons. The van der Waals surface area contributed by atoms with Gasteiger partial charge >= 0.3 is 0 Å². The topological polar surface area (TPSA) is 64.3 Å². The number of nitrogens with one attached hydrogen (secondary N) is 2. The molecule has 2 aromatic carbocycles. The number of carbonyl (C=O) groups excluding carboxylic acids is 1. The van der Waals surface area contributed by atoms with E-state index in [1.54, 1.807) is 12.1 Å². The molecular formula is C24H28FN5O. The van der Waals surface area contributed by atoms with Crippen molar-refractivity contribution in [2.45, 2.75) is 12.8 Å². The Labute approximate surface area is 182 Å². The van der Waals surface area contributed by atoms with E-state index in [2.05, 4.69) is 20.4 Å². The lowest BCUT2D eigenvalue weighted by Crippen LogP contribution is -2.38. The summed E-state index contributed by atoms with van der Waals surface area (Å²) >= 11 is 0. The number of anilines is 2. The van der Waals surface area contributed by atoms with Crippen LogP contribution in [0.2, 0.25) is 0 Å². The van der Waals surface area contributed by atoms with Crippen molar-refractivity contribution < 1.29 is 9.18 Å². The Morgan fingerprint density at radius 1 is 1.16 bits per heavy atom. The number of H-pyrrole nitrogens is 1. The zero-order valence-corrected chi connectivity index (χ0v) is 17.9. The summed E-state index contributed by atoms with van der Waals surface area (Å²) in [7, 11) is 3.93. The SMILES string of the molecule is CN(C)c1cccc(C(=O)NCC2CCN(c3cc(-c4ccc(F)cc4)[nH]n3)CC2)c1. The van der Waals surface area contributed by atoms with Crippen LogP contribution in [-0.4, -0.2) is 49.8 Å². The van der Waals surface area contributed by atoms with Crippen molar-refractivity contribution in [3.63, 3.8) is 0 Å². The molecule has 1 saturated heterocycles. The molecule has 7 heteroatoms. The van der Waals surface area contributed by atoms with Gasteiger partial charge in [0.1, 0.15) is 5.82 Å². The van der Waals surface area contributed by atoms with E-state index in [4.69, 9.17) is 0 Å². The molecule has 2 heterocycles. The third-order valence-electron chi connectivity index (χ3n) is 5.83. The molecule has 0 bridgehead atoms. The molecule has 3 aromatic rings. The molecule has 2 N–H and O–H groups in total. The van der Waals surface area contributed by atoms with E-state index in [1.807, 2.05) is 49.3 Å². The van der Waals surface area contributed by atoms with E-state index in [0.29, 0.717) is 18.0 Å². The van der Waals surface area contributed by atoms with Crippen molar-refractivity contribution in [1.82, 2.24) is 15.5 Å². The van der Waals surface area contributed by atoms with Crippen LogP contribution in [0.15, 0.2) is 54.6 Å². The van der Waals surface area contributed by atoms with Crippen molar-refractivity contribution >= 4 is 17.4 Å². The highest BCUT2D eigenvalue weighted by atomic mass is 19.1. The third-order valence-corrected chi connectivity index (χ3v) is 5.83. The molecule has 0 radical (unpaired) electrons. The van der Waals surface area contributed by atoms with E-state index >= 15 is 0 Å². The number of piperidine rings is 1. The summed E-state index contributed by atoms with van der Waals surface area (Å²) in [6, 6.07) is 16.1. The van der Waals surface area contributed by atoms with Crippen molar-refractivity contribution in [1.29, 1.82) is 0 Å². The average Bonchev–Trinajstić information content (AvgIpc) is 3.28. The second-order valence-corrected chi connectivity index (χ2v) is 8.23. The number of benzene rings is 2. The number of hydrogen-bond donors (Lipinski definition) is 2.